The summed E-state index contributed by atoms with van der Waals surface area (Å²) in [5.41, 5.74) is 0.286. The van der Waals surface area contributed by atoms with E-state index in [0.29, 0.717) is 24.7 Å². The quantitative estimate of drug-likeness (QED) is 0.344. The van der Waals surface area contributed by atoms with Crippen molar-refractivity contribution in [2.45, 2.75) is 13.2 Å². The van der Waals surface area contributed by atoms with Gasteiger partial charge in [-0.1, -0.05) is 6.07 Å². The molecule has 1 amide bonds. The average molecular weight is 450 g/mol. The van der Waals surface area contributed by atoms with Crippen LogP contribution in [0.3, 0.4) is 0 Å². The Hall–Kier alpha value is -3.89. The van der Waals surface area contributed by atoms with Gasteiger partial charge in [-0.25, -0.2) is 0 Å². The maximum Gasteiger partial charge on any atom is 0.387 e. The largest absolute Gasteiger partial charge is 0.493 e. The molecule has 32 heavy (non-hydrogen) atoms. The Morgan fingerprint density at radius 2 is 1.94 bits per heavy atom. The maximum absolute atomic E-state index is 12.6. The summed E-state index contributed by atoms with van der Waals surface area (Å²) < 4.78 is 45.3. The van der Waals surface area contributed by atoms with Crippen LogP contribution in [0.15, 0.2) is 36.4 Å². The number of halogens is 2. The van der Waals surface area contributed by atoms with Crippen LogP contribution in [0.25, 0.3) is 6.08 Å². The number of carbonyl (C=O) groups is 1. The number of carbonyl (C=O) groups excluding carboxylic acids is 1. The summed E-state index contributed by atoms with van der Waals surface area (Å²) in [5.74, 6) is 0.190. The van der Waals surface area contributed by atoms with Crippen molar-refractivity contribution < 1.29 is 37.4 Å². The average Bonchev–Trinajstić information content (AvgIpc) is 2.77. The van der Waals surface area contributed by atoms with Gasteiger partial charge in [0.15, 0.2) is 23.0 Å². The standard InChI is InChI=1S/C21H20F2N2O7/c1-24(12-13-3-5-16-18(9-13)31-8-7-30-16)20(26)6-4-14-10-17(29-2)19(32-21(22)23)11-15(14)25(27)28/h3-6,9-11,21H,7-8,12H2,1-2H3/b6-4+. The number of methoxy groups -OCH3 is 1. The topological polar surface area (TPSA) is 100 Å². The molecule has 0 bridgehead atoms. The molecule has 3 rings (SSSR count). The molecular formula is C21H20F2N2O7. The number of hydrogen-bond donors (Lipinski definition) is 0. The van der Waals surface area contributed by atoms with Crippen LogP contribution in [-0.4, -0.2) is 49.7 Å². The number of alkyl halides is 2. The van der Waals surface area contributed by atoms with Gasteiger partial charge in [-0.3, -0.25) is 14.9 Å². The number of likely N-dealkylation sites (N-methyl/N-ethyl adjacent to an activating group) is 1. The normalized spacial score (nSPS) is 12.7. The van der Waals surface area contributed by atoms with E-state index in [1.165, 1.54) is 18.1 Å². The van der Waals surface area contributed by atoms with Crippen LogP contribution in [0.2, 0.25) is 0 Å². The maximum atomic E-state index is 12.6. The van der Waals surface area contributed by atoms with Crippen LogP contribution < -0.4 is 18.9 Å². The molecule has 1 aliphatic heterocycles. The van der Waals surface area contributed by atoms with E-state index >= 15 is 0 Å². The van der Waals surface area contributed by atoms with E-state index < -0.39 is 28.9 Å². The lowest BCUT2D eigenvalue weighted by molar-refractivity contribution is -0.385. The molecule has 0 radical (unpaired) electrons. The fourth-order valence-electron chi connectivity index (χ4n) is 3.03. The second kappa shape index (κ2) is 9.94. The van der Waals surface area contributed by atoms with Crippen molar-refractivity contribution in [1.82, 2.24) is 4.90 Å². The second-order valence-corrected chi connectivity index (χ2v) is 6.70. The summed E-state index contributed by atoms with van der Waals surface area (Å²) >= 11 is 0. The number of rotatable bonds is 8. The Kier molecular flexibility index (Phi) is 7.08. The molecule has 1 heterocycles. The fraction of sp³-hybridized carbons (Fsp3) is 0.286. The lowest BCUT2D eigenvalue weighted by Crippen LogP contribution is -2.24. The molecule has 9 nitrogen and oxygen atoms in total. The van der Waals surface area contributed by atoms with Crippen LogP contribution in [0.1, 0.15) is 11.1 Å². The van der Waals surface area contributed by atoms with Gasteiger partial charge in [0.2, 0.25) is 5.91 Å². The first-order chi connectivity index (χ1) is 15.3. The number of benzene rings is 2. The van der Waals surface area contributed by atoms with Crippen molar-refractivity contribution in [2.24, 2.45) is 0 Å². The Bertz CT molecular complexity index is 1040. The highest BCUT2D eigenvalue weighted by Crippen LogP contribution is 2.36. The molecule has 0 unspecified atom stereocenters. The first-order valence-electron chi connectivity index (χ1n) is 9.41. The summed E-state index contributed by atoms with van der Waals surface area (Å²) in [6.45, 7) is -2.01. The minimum absolute atomic E-state index is 0.00505. The van der Waals surface area contributed by atoms with Crippen LogP contribution in [0.5, 0.6) is 23.0 Å². The van der Waals surface area contributed by atoms with Gasteiger partial charge in [-0.2, -0.15) is 8.78 Å². The van der Waals surface area contributed by atoms with Crippen molar-refractivity contribution in [3.8, 4) is 23.0 Å². The molecule has 1 aliphatic rings. The molecule has 0 saturated carbocycles. The van der Waals surface area contributed by atoms with Gasteiger partial charge in [-0.05, 0) is 29.8 Å². The lowest BCUT2D eigenvalue weighted by atomic mass is 10.1. The summed E-state index contributed by atoms with van der Waals surface area (Å²) in [6, 6.07) is 7.32. The zero-order valence-electron chi connectivity index (χ0n) is 17.2. The zero-order valence-corrected chi connectivity index (χ0v) is 17.2. The summed E-state index contributed by atoms with van der Waals surface area (Å²) in [7, 11) is 2.78. The van der Waals surface area contributed by atoms with E-state index in [9.17, 15) is 23.7 Å². The van der Waals surface area contributed by atoms with Gasteiger partial charge in [-0.15, -0.1) is 0 Å². The van der Waals surface area contributed by atoms with Crippen LogP contribution in [0, 0.1) is 10.1 Å². The van der Waals surface area contributed by atoms with Crippen molar-refractivity contribution in [2.75, 3.05) is 27.4 Å². The molecule has 2 aromatic rings. The molecule has 0 saturated heterocycles. The van der Waals surface area contributed by atoms with Gasteiger partial charge in [0.25, 0.3) is 5.69 Å². The number of fused-ring (bicyclic) bond motifs is 1. The monoisotopic (exact) mass is 450 g/mol. The zero-order chi connectivity index (χ0) is 23.3. The van der Waals surface area contributed by atoms with Gasteiger partial charge < -0.3 is 23.8 Å². The molecule has 0 aromatic heterocycles. The van der Waals surface area contributed by atoms with E-state index in [0.717, 1.165) is 23.8 Å². The number of ether oxygens (including phenoxy) is 4. The van der Waals surface area contributed by atoms with E-state index in [2.05, 4.69) is 4.74 Å². The summed E-state index contributed by atoms with van der Waals surface area (Å²) in [6.07, 6.45) is 2.36. The third-order valence-corrected chi connectivity index (χ3v) is 4.53. The molecule has 0 spiro atoms. The first kappa shape index (κ1) is 22.8. The van der Waals surface area contributed by atoms with Crippen molar-refractivity contribution >= 4 is 17.7 Å². The number of nitro benzene ring substituents is 1. The number of amides is 1. The minimum atomic E-state index is -3.18. The van der Waals surface area contributed by atoms with E-state index in [-0.39, 0.29) is 17.9 Å². The summed E-state index contributed by atoms with van der Waals surface area (Å²) in [5, 5.41) is 11.4. The van der Waals surface area contributed by atoms with Crippen LogP contribution in [-0.2, 0) is 11.3 Å². The van der Waals surface area contributed by atoms with Crippen molar-refractivity contribution in [3.63, 3.8) is 0 Å². The van der Waals surface area contributed by atoms with Crippen LogP contribution >= 0.6 is 0 Å². The molecule has 2 aromatic carbocycles. The third kappa shape index (κ3) is 5.42. The summed E-state index contributed by atoms with van der Waals surface area (Å²) in [4.78, 5) is 24.5. The fourth-order valence-corrected chi connectivity index (χ4v) is 3.03. The molecule has 0 atom stereocenters. The molecule has 170 valence electrons. The molecule has 0 N–H and O–H groups in total. The lowest BCUT2D eigenvalue weighted by Gasteiger charge is -2.20. The predicted octanol–water partition coefficient (Wildman–Crippen LogP) is 3.65. The Morgan fingerprint density at radius 1 is 1.22 bits per heavy atom. The minimum Gasteiger partial charge on any atom is -0.493 e. The smallest absolute Gasteiger partial charge is 0.387 e. The molecular weight excluding hydrogens is 430 g/mol. The van der Waals surface area contributed by atoms with E-state index in [1.807, 2.05) is 0 Å². The predicted molar refractivity (Wildman–Crippen MR) is 109 cm³/mol. The third-order valence-electron chi connectivity index (χ3n) is 4.53. The van der Waals surface area contributed by atoms with E-state index in [4.69, 9.17) is 14.2 Å². The molecule has 0 fully saturated rings. The number of nitro groups is 1. The Labute approximate surface area is 181 Å². The van der Waals surface area contributed by atoms with Gasteiger partial charge in [0.1, 0.15) is 13.2 Å². The van der Waals surface area contributed by atoms with Crippen molar-refractivity contribution in [1.29, 1.82) is 0 Å². The van der Waals surface area contributed by atoms with Gasteiger partial charge in [0.05, 0.1) is 23.7 Å². The molecule has 0 aliphatic carbocycles. The SMILES string of the molecule is COc1cc(/C=C/C(=O)N(C)Cc2ccc3c(c2)OCCO3)c([N+](=O)[O-])cc1OC(F)F. The number of nitrogens with zero attached hydrogens (tertiary/aromatic N) is 2. The first-order valence-corrected chi connectivity index (χ1v) is 9.41. The van der Waals surface area contributed by atoms with Gasteiger partial charge >= 0.3 is 6.61 Å². The highest BCUT2D eigenvalue weighted by atomic mass is 19.3. The van der Waals surface area contributed by atoms with Crippen molar-refractivity contribution in [3.05, 3.63) is 57.6 Å². The molecule has 11 heteroatoms. The van der Waals surface area contributed by atoms with Gasteiger partial charge in [0, 0.05) is 19.7 Å². The Balaban J connectivity index is 1.77. The Morgan fingerprint density at radius 3 is 2.59 bits per heavy atom. The van der Waals surface area contributed by atoms with Crippen LogP contribution in [0.4, 0.5) is 14.5 Å². The highest BCUT2D eigenvalue weighted by Gasteiger charge is 2.21. The second-order valence-electron chi connectivity index (χ2n) is 6.70. The van der Waals surface area contributed by atoms with E-state index in [1.54, 1.807) is 25.2 Å². The number of hydrogen-bond acceptors (Lipinski definition) is 7. The highest BCUT2D eigenvalue weighted by molar-refractivity contribution is 5.92.